The molecular weight excluding hydrogens is 198 g/mol. The first kappa shape index (κ1) is 11.7. The maximum absolute atomic E-state index is 11.5. The summed E-state index contributed by atoms with van der Waals surface area (Å²) in [7, 11) is 0. The van der Waals surface area contributed by atoms with Gasteiger partial charge in [-0.1, -0.05) is 6.08 Å². The Bertz CT molecular complexity index is 258. The molecule has 1 aliphatic heterocycles. The molecule has 0 radical (unpaired) electrons. The highest BCUT2D eigenvalue weighted by molar-refractivity contribution is 5.86. The van der Waals surface area contributed by atoms with E-state index in [0.29, 0.717) is 13.0 Å². The molecule has 0 aromatic heterocycles. The van der Waals surface area contributed by atoms with E-state index in [-0.39, 0.29) is 12.3 Å². The van der Waals surface area contributed by atoms with Gasteiger partial charge < -0.3 is 15.2 Å². The van der Waals surface area contributed by atoms with Crippen LogP contribution in [0.15, 0.2) is 12.7 Å². The van der Waals surface area contributed by atoms with Gasteiger partial charge in [0.2, 0.25) is 5.91 Å². The Hall–Kier alpha value is -1.36. The summed E-state index contributed by atoms with van der Waals surface area (Å²) in [4.78, 5) is 22.2. The molecule has 0 aromatic rings. The lowest BCUT2D eigenvalue weighted by atomic mass is 10.1. The largest absolute Gasteiger partial charge is 0.480 e. The third-order valence-corrected chi connectivity index (χ3v) is 2.24. The molecule has 0 aromatic carbocycles. The molecule has 0 saturated carbocycles. The van der Waals surface area contributed by atoms with Crippen molar-refractivity contribution < 1.29 is 19.4 Å². The van der Waals surface area contributed by atoms with Crippen molar-refractivity contribution in [2.75, 3.05) is 6.61 Å². The number of hydrogen-bond acceptors (Lipinski definition) is 3. The van der Waals surface area contributed by atoms with Gasteiger partial charge >= 0.3 is 5.97 Å². The van der Waals surface area contributed by atoms with Crippen LogP contribution >= 0.6 is 0 Å². The summed E-state index contributed by atoms with van der Waals surface area (Å²) < 4.78 is 5.14. The van der Waals surface area contributed by atoms with Crippen LogP contribution in [0.4, 0.5) is 0 Å². The van der Waals surface area contributed by atoms with Crippen LogP contribution in [0.1, 0.15) is 19.3 Å². The van der Waals surface area contributed by atoms with Crippen LogP contribution in [0, 0.1) is 0 Å². The highest BCUT2D eigenvalue weighted by Gasteiger charge is 2.27. The summed E-state index contributed by atoms with van der Waals surface area (Å²) in [6, 6.07) is -0.904. The highest BCUT2D eigenvalue weighted by atomic mass is 16.5. The number of hydrogen-bond donors (Lipinski definition) is 2. The first-order valence-electron chi connectivity index (χ1n) is 4.91. The lowest BCUT2D eigenvalue weighted by molar-refractivity contribution is -0.143. The zero-order valence-corrected chi connectivity index (χ0v) is 8.44. The van der Waals surface area contributed by atoms with E-state index in [4.69, 9.17) is 9.84 Å². The fourth-order valence-electron chi connectivity index (χ4n) is 1.44. The van der Waals surface area contributed by atoms with Gasteiger partial charge in [0.15, 0.2) is 0 Å². The number of rotatable bonds is 5. The van der Waals surface area contributed by atoms with Crippen molar-refractivity contribution in [2.24, 2.45) is 0 Å². The van der Waals surface area contributed by atoms with Gasteiger partial charge in [0, 0.05) is 6.61 Å². The average Bonchev–Trinajstić information content (AvgIpc) is 2.69. The van der Waals surface area contributed by atoms with Gasteiger partial charge in [0.1, 0.15) is 12.1 Å². The fourth-order valence-corrected chi connectivity index (χ4v) is 1.44. The van der Waals surface area contributed by atoms with Crippen LogP contribution in [0.3, 0.4) is 0 Å². The zero-order valence-electron chi connectivity index (χ0n) is 8.44. The molecular formula is C10H15NO4. The molecule has 0 bridgehead atoms. The number of carboxylic acid groups (broad SMARTS) is 1. The van der Waals surface area contributed by atoms with E-state index in [1.807, 2.05) is 0 Å². The first-order chi connectivity index (χ1) is 7.15. The van der Waals surface area contributed by atoms with E-state index >= 15 is 0 Å². The molecule has 5 heteroatoms. The maximum atomic E-state index is 11.5. The first-order valence-corrected chi connectivity index (χ1v) is 4.91. The van der Waals surface area contributed by atoms with Crippen LogP contribution in [0.5, 0.6) is 0 Å². The fraction of sp³-hybridized carbons (Fsp3) is 0.600. The van der Waals surface area contributed by atoms with Crippen molar-refractivity contribution in [3.63, 3.8) is 0 Å². The molecule has 15 heavy (non-hydrogen) atoms. The van der Waals surface area contributed by atoms with Gasteiger partial charge in [-0.25, -0.2) is 4.79 Å². The Morgan fingerprint density at radius 3 is 2.87 bits per heavy atom. The third kappa shape index (κ3) is 3.36. The van der Waals surface area contributed by atoms with Gasteiger partial charge in [-0.15, -0.1) is 6.58 Å². The van der Waals surface area contributed by atoms with E-state index in [9.17, 15) is 9.59 Å². The van der Waals surface area contributed by atoms with Crippen molar-refractivity contribution in [3.05, 3.63) is 12.7 Å². The number of aliphatic carboxylic acids is 1. The average molecular weight is 213 g/mol. The van der Waals surface area contributed by atoms with Crippen LogP contribution in [-0.2, 0) is 14.3 Å². The second-order valence-corrected chi connectivity index (χ2v) is 3.43. The van der Waals surface area contributed by atoms with Crippen LogP contribution in [-0.4, -0.2) is 35.7 Å². The van der Waals surface area contributed by atoms with Gasteiger partial charge in [-0.3, -0.25) is 4.79 Å². The maximum Gasteiger partial charge on any atom is 0.326 e. The van der Waals surface area contributed by atoms with Crippen molar-refractivity contribution >= 4 is 11.9 Å². The molecule has 2 N–H and O–H groups in total. The number of carboxylic acids is 1. The van der Waals surface area contributed by atoms with Gasteiger partial charge in [0.25, 0.3) is 0 Å². The summed E-state index contributed by atoms with van der Waals surface area (Å²) in [5.41, 5.74) is 0. The third-order valence-electron chi connectivity index (χ3n) is 2.24. The Morgan fingerprint density at radius 1 is 1.67 bits per heavy atom. The molecule has 1 amide bonds. The number of nitrogens with one attached hydrogen (secondary N) is 1. The van der Waals surface area contributed by atoms with E-state index in [1.165, 1.54) is 6.08 Å². The molecule has 1 rings (SSSR count). The SMILES string of the molecule is C=CC[C@H](NC(=O)[C@@H]1CCCO1)C(=O)O. The van der Waals surface area contributed by atoms with E-state index in [0.717, 1.165) is 6.42 Å². The number of amides is 1. The summed E-state index contributed by atoms with van der Waals surface area (Å²) in [5, 5.41) is 11.2. The van der Waals surface area contributed by atoms with E-state index in [2.05, 4.69) is 11.9 Å². The molecule has 1 saturated heterocycles. The topological polar surface area (TPSA) is 75.6 Å². The molecule has 1 aliphatic rings. The Kier molecular flexibility index (Phi) is 4.30. The van der Waals surface area contributed by atoms with Gasteiger partial charge in [-0.2, -0.15) is 0 Å². The molecule has 5 nitrogen and oxygen atoms in total. The minimum absolute atomic E-state index is 0.216. The summed E-state index contributed by atoms with van der Waals surface area (Å²) >= 11 is 0. The number of carbonyl (C=O) groups excluding carboxylic acids is 1. The van der Waals surface area contributed by atoms with Crippen molar-refractivity contribution in [2.45, 2.75) is 31.4 Å². The smallest absolute Gasteiger partial charge is 0.326 e. The minimum Gasteiger partial charge on any atom is -0.480 e. The predicted molar refractivity (Wildman–Crippen MR) is 53.4 cm³/mol. The number of carbonyl (C=O) groups is 2. The lowest BCUT2D eigenvalue weighted by Crippen LogP contribution is -2.45. The minimum atomic E-state index is -1.05. The van der Waals surface area contributed by atoms with Gasteiger partial charge in [0.05, 0.1) is 0 Å². The van der Waals surface area contributed by atoms with Gasteiger partial charge in [-0.05, 0) is 19.3 Å². The van der Waals surface area contributed by atoms with E-state index < -0.39 is 18.1 Å². The van der Waals surface area contributed by atoms with Crippen LogP contribution < -0.4 is 5.32 Å². The van der Waals surface area contributed by atoms with Crippen LogP contribution in [0.2, 0.25) is 0 Å². The number of ether oxygens (including phenoxy) is 1. The standard InChI is InChI=1S/C10H15NO4/c1-2-4-7(10(13)14)11-9(12)8-5-3-6-15-8/h2,7-8H,1,3-6H2,(H,11,12)(H,13,14)/t7-,8-/m0/s1. The molecule has 1 heterocycles. The predicted octanol–water partition coefficient (Wildman–Crippen LogP) is 0.311. The molecule has 1 fully saturated rings. The Balaban J connectivity index is 2.45. The van der Waals surface area contributed by atoms with E-state index in [1.54, 1.807) is 0 Å². The lowest BCUT2D eigenvalue weighted by Gasteiger charge is -2.15. The summed E-state index contributed by atoms with van der Waals surface area (Å²) in [6.45, 7) is 4.01. The van der Waals surface area contributed by atoms with Crippen molar-refractivity contribution in [1.29, 1.82) is 0 Å². The Labute approximate surface area is 88.1 Å². The van der Waals surface area contributed by atoms with Crippen LogP contribution in [0.25, 0.3) is 0 Å². The normalized spacial score (nSPS) is 22.0. The molecule has 0 aliphatic carbocycles. The second-order valence-electron chi connectivity index (χ2n) is 3.43. The molecule has 0 spiro atoms. The highest BCUT2D eigenvalue weighted by Crippen LogP contribution is 2.12. The summed E-state index contributed by atoms with van der Waals surface area (Å²) in [6.07, 6.45) is 2.70. The molecule has 84 valence electrons. The monoisotopic (exact) mass is 213 g/mol. The van der Waals surface area contributed by atoms with Crippen molar-refractivity contribution in [3.8, 4) is 0 Å². The zero-order chi connectivity index (χ0) is 11.3. The molecule has 2 atom stereocenters. The van der Waals surface area contributed by atoms with Crippen molar-refractivity contribution in [1.82, 2.24) is 5.32 Å². The Morgan fingerprint density at radius 2 is 2.40 bits per heavy atom. The summed E-state index contributed by atoms with van der Waals surface area (Å²) in [5.74, 6) is -1.40. The molecule has 0 unspecified atom stereocenters. The quantitative estimate of drug-likeness (QED) is 0.644. The second kappa shape index (κ2) is 5.50.